The maximum Gasteiger partial charge on any atom is 0.149 e. The standard InChI is InChI=1S/C15H22F2N2/c1-4-12-8-18-14(10(2)3)9-19(12)15-6-5-11(16)7-13(15)17/h5-7,10,12,14,18H,4,8-9H2,1-3H3. The summed E-state index contributed by atoms with van der Waals surface area (Å²) >= 11 is 0. The van der Waals surface area contributed by atoms with Crippen LogP contribution in [0, 0.1) is 17.6 Å². The Morgan fingerprint density at radius 3 is 2.68 bits per heavy atom. The van der Waals surface area contributed by atoms with Crippen molar-refractivity contribution in [2.45, 2.75) is 39.3 Å². The first kappa shape index (κ1) is 14.3. The van der Waals surface area contributed by atoms with Crippen molar-refractivity contribution < 1.29 is 8.78 Å². The zero-order valence-electron chi connectivity index (χ0n) is 11.8. The lowest BCUT2D eigenvalue weighted by Gasteiger charge is -2.43. The monoisotopic (exact) mass is 268 g/mol. The number of nitrogens with one attached hydrogen (secondary N) is 1. The van der Waals surface area contributed by atoms with Crippen LogP contribution in [0.1, 0.15) is 27.2 Å². The first-order valence-electron chi connectivity index (χ1n) is 6.98. The van der Waals surface area contributed by atoms with Crippen molar-refractivity contribution in [3.8, 4) is 0 Å². The topological polar surface area (TPSA) is 15.3 Å². The van der Waals surface area contributed by atoms with Crippen LogP contribution in [0.4, 0.5) is 14.5 Å². The van der Waals surface area contributed by atoms with Gasteiger partial charge in [0.2, 0.25) is 0 Å². The van der Waals surface area contributed by atoms with Gasteiger partial charge in [0.25, 0.3) is 0 Å². The van der Waals surface area contributed by atoms with E-state index in [9.17, 15) is 8.78 Å². The molecule has 0 aliphatic carbocycles. The zero-order chi connectivity index (χ0) is 14.0. The fourth-order valence-corrected chi connectivity index (χ4v) is 2.64. The highest BCUT2D eigenvalue weighted by Gasteiger charge is 2.29. The van der Waals surface area contributed by atoms with E-state index in [0.717, 1.165) is 25.6 Å². The van der Waals surface area contributed by atoms with Gasteiger partial charge in [0.15, 0.2) is 0 Å². The summed E-state index contributed by atoms with van der Waals surface area (Å²) in [6.07, 6.45) is 0.939. The highest BCUT2D eigenvalue weighted by atomic mass is 19.1. The molecule has 0 saturated carbocycles. The average Bonchev–Trinajstić information content (AvgIpc) is 2.38. The van der Waals surface area contributed by atoms with Gasteiger partial charge in [0, 0.05) is 31.2 Å². The smallest absolute Gasteiger partial charge is 0.149 e. The van der Waals surface area contributed by atoms with Crippen molar-refractivity contribution >= 4 is 5.69 Å². The van der Waals surface area contributed by atoms with Crippen LogP contribution in [0.25, 0.3) is 0 Å². The summed E-state index contributed by atoms with van der Waals surface area (Å²) in [5.41, 5.74) is 0.514. The van der Waals surface area contributed by atoms with Crippen molar-refractivity contribution in [3.05, 3.63) is 29.8 Å². The molecule has 1 fully saturated rings. The lowest BCUT2D eigenvalue weighted by molar-refractivity contribution is 0.323. The number of halogens is 2. The third-order valence-corrected chi connectivity index (χ3v) is 3.94. The van der Waals surface area contributed by atoms with Crippen molar-refractivity contribution in [3.63, 3.8) is 0 Å². The van der Waals surface area contributed by atoms with Crippen molar-refractivity contribution in [2.24, 2.45) is 5.92 Å². The summed E-state index contributed by atoms with van der Waals surface area (Å²) in [4.78, 5) is 2.08. The minimum atomic E-state index is -0.523. The Morgan fingerprint density at radius 1 is 1.37 bits per heavy atom. The Morgan fingerprint density at radius 2 is 2.11 bits per heavy atom. The average molecular weight is 268 g/mol. The number of rotatable bonds is 3. The normalized spacial score (nSPS) is 24.0. The Balaban J connectivity index is 2.27. The quantitative estimate of drug-likeness (QED) is 0.905. The maximum atomic E-state index is 14.0. The van der Waals surface area contributed by atoms with Gasteiger partial charge in [-0.1, -0.05) is 20.8 Å². The molecule has 1 aromatic rings. The second-order valence-corrected chi connectivity index (χ2v) is 5.57. The van der Waals surface area contributed by atoms with E-state index in [1.54, 1.807) is 6.07 Å². The molecule has 2 rings (SSSR count). The van der Waals surface area contributed by atoms with Gasteiger partial charge >= 0.3 is 0 Å². The number of hydrogen-bond donors (Lipinski definition) is 1. The summed E-state index contributed by atoms with van der Waals surface area (Å²) < 4.78 is 27.0. The zero-order valence-corrected chi connectivity index (χ0v) is 11.8. The molecule has 0 bridgehead atoms. The predicted molar refractivity (Wildman–Crippen MR) is 74.4 cm³/mol. The van der Waals surface area contributed by atoms with Crippen LogP contribution in [0.15, 0.2) is 18.2 Å². The van der Waals surface area contributed by atoms with E-state index in [1.165, 1.54) is 6.07 Å². The molecule has 2 nitrogen and oxygen atoms in total. The maximum absolute atomic E-state index is 14.0. The van der Waals surface area contributed by atoms with Crippen LogP contribution in [0.3, 0.4) is 0 Å². The van der Waals surface area contributed by atoms with Gasteiger partial charge in [0.05, 0.1) is 5.69 Å². The third-order valence-electron chi connectivity index (χ3n) is 3.94. The summed E-state index contributed by atoms with van der Waals surface area (Å²) in [5.74, 6) is -0.503. The Hall–Kier alpha value is -1.16. The SMILES string of the molecule is CCC1CNC(C(C)C)CN1c1ccc(F)cc1F. The van der Waals surface area contributed by atoms with Crippen LogP contribution < -0.4 is 10.2 Å². The Labute approximate surface area is 113 Å². The predicted octanol–water partition coefficient (Wildman–Crippen LogP) is 3.18. The molecule has 4 heteroatoms. The first-order chi connectivity index (χ1) is 9.02. The van der Waals surface area contributed by atoms with Gasteiger partial charge in [-0.05, 0) is 24.5 Å². The minimum absolute atomic E-state index is 0.259. The molecule has 0 spiro atoms. The second kappa shape index (κ2) is 5.87. The highest BCUT2D eigenvalue weighted by Crippen LogP contribution is 2.26. The molecule has 1 N–H and O–H groups in total. The molecule has 0 amide bonds. The molecule has 1 saturated heterocycles. The molecule has 19 heavy (non-hydrogen) atoms. The molecule has 0 aromatic heterocycles. The van der Waals surface area contributed by atoms with Crippen LogP contribution in [0.5, 0.6) is 0 Å². The molecule has 1 aliphatic rings. The third kappa shape index (κ3) is 3.06. The van der Waals surface area contributed by atoms with Gasteiger partial charge in [-0.2, -0.15) is 0 Å². The van der Waals surface area contributed by atoms with Crippen molar-refractivity contribution in [1.29, 1.82) is 0 Å². The van der Waals surface area contributed by atoms with Gasteiger partial charge in [-0.15, -0.1) is 0 Å². The van der Waals surface area contributed by atoms with Crippen molar-refractivity contribution in [2.75, 3.05) is 18.0 Å². The lowest BCUT2D eigenvalue weighted by Crippen LogP contribution is -2.58. The highest BCUT2D eigenvalue weighted by molar-refractivity contribution is 5.49. The van der Waals surface area contributed by atoms with Gasteiger partial charge in [-0.25, -0.2) is 8.78 Å². The van der Waals surface area contributed by atoms with E-state index in [2.05, 4.69) is 31.0 Å². The first-order valence-corrected chi connectivity index (χ1v) is 6.98. The van der Waals surface area contributed by atoms with E-state index in [4.69, 9.17) is 0 Å². The molecule has 0 radical (unpaired) electrons. The van der Waals surface area contributed by atoms with E-state index in [0.29, 0.717) is 17.6 Å². The van der Waals surface area contributed by atoms with E-state index < -0.39 is 11.6 Å². The molecular formula is C15H22F2N2. The van der Waals surface area contributed by atoms with Crippen LogP contribution in [-0.2, 0) is 0 Å². The number of piperazine rings is 1. The van der Waals surface area contributed by atoms with E-state index in [1.807, 2.05) is 0 Å². The number of hydrogen-bond acceptors (Lipinski definition) is 2. The molecular weight excluding hydrogens is 246 g/mol. The lowest BCUT2D eigenvalue weighted by atomic mass is 9.97. The minimum Gasteiger partial charge on any atom is -0.363 e. The molecule has 106 valence electrons. The number of nitrogens with zero attached hydrogens (tertiary/aromatic N) is 1. The Bertz CT molecular complexity index is 434. The van der Waals surface area contributed by atoms with Gasteiger partial charge < -0.3 is 10.2 Å². The van der Waals surface area contributed by atoms with Crippen LogP contribution in [0.2, 0.25) is 0 Å². The summed E-state index contributed by atoms with van der Waals surface area (Å²) in [7, 11) is 0. The van der Waals surface area contributed by atoms with Crippen molar-refractivity contribution in [1.82, 2.24) is 5.32 Å². The molecule has 2 atom stereocenters. The van der Waals surface area contributed by atoms with E-state index in [-0.39, 0.29) is 6.04 Å². The largest absolute Gasteiger partial charge is 0.363 e. The summed E-state index contributed by atoms with van der Waals surface area (Å²) in [5, 5.41) is 3.51. The molecule has 2 unspecified atom stereocenters. The van der Waals surface area contributed by atoms with Gasteiger partial charge in [-0.3, -0.25) is 0 Å². The molecule has 1 heterocycles. The molecule has 1 aliphatic heterocycles. The number of benzene rings is 1. The van der Waals surface area contributed by atoms with Crippen LogP contribution >= 0.6 is 0 Å². The second-order valence-electron chi connectivity index (χ2n) is 5.57. The fourth-order valence-electron chi connectivity index (χ4n) is 2.64. The van der Waals surface area contributed by atoms with Gasteiger partial charge in [0.1, 0.15) is 11.6 Å². The van der Waals surface area contributed by atoms with Crippen LogP contribution in [-0.4, -0.2) is 25.2 Å². The fraction of sp³-hybridized carbons (Fsp3) is 0.600. The van der Waals surface area contributed by atoms with E-state index >= 15 is 0 Å². The number of anilines is 1. The summed E-state index contributed by atoms with van der Waals surface area (Å²) in [6, 6.07) is 4.45. The summed E-state index contributed by atoms with van der Waals surface area (Å²) in [6.45, 7) is 8.01. The Kier molecular flexibility index (Phi) is 4.40. The molecule has 1 aromatic carbocycles.